The van der Waals surface area contributed by atoms with E-state index in [4.69, 9.17) is 5.73 Å². The van der Waals surface area contributed by atoms with Crippen molar-refractivity contribution in [2.45, 2.75) is 103 Å². The van der Waals surface area contributed by atoms with Gasteiger partial charge in [-0.3, -0.25) is 9.59 Å². The summed E-state index contributed by atoms with van der Waals surface area (Å²) < 4.78 is 39.3. The second-order valence-corrected chi connectivity index (χ2v) is 10.1. The zero-order valence-corrected chi connectivity index (χ0v) is 22.9. The molecule has 9 heteroatoms. The average Bonchev–Trinajstić information content (AvgIpc) is 3.69. The Morgan fingerprint density at radius 3 is 1.86 bits per heavy atom. The van der Waals surface area contributed by atoms with Crippen molar-refractivity contribution in [3.05, 3.63) is 35.4 Å². The Balaban J connectivity index is 0.00000115. The first kappa shape index (κ1) is 31.1. The van der Waals surface area contributed by atoms with E-state index < -0.39 is 17.2 Å². The van der Waals surface area contributed by atoms with Crippen LogP contribution in [0.4, 0.5) is 13.2 Å². The van der Waals surface area contributed by atoms with Crippen molar-refractivity contribution >= 4 is 11.8 Å². The van der Waals surface area contributed by atoms with Crippen LogP contribution in [0, 0.1) is 5.41 Å². The fraction of sp³-hybridized carbons (Fsp3) is 0.714. The van der Waals surface area contributed by atoms with E-state index in [0.29, 0.717) is 19.0 Å². The van der Waals surface area contributed by atoms with E-state index in [9.17, 15) is 27.9 Å². The number of alkyl halides is 3. The number of carbonyl (C=O) groups excluding carboxylic acids is 2. The highest BCUT2D eigenvalue weighted by molar-refractivity contribution is 5.95. The molecule has 4 rings (SSSR count). The third-order valence-electron chi connectivity index (χ3n) is 7.73. The molecule has 1 aliphatic heterocycles. The Morgan fingerprint density at radius 1 is 1.00 bits per heavy atom. The molecule has 3 N–H and O–H groups in total. The van der Waals surface area contributed by atoms with E-state index in [-0.39, 0.29) is 29.5 Å². The lowest BCUT2D eigenvalue weighted by Gasteiger charge is -2.45. The summed E-state index contributed by atoms with van der Waals surface area (Å²) in [6.07, 6.45) is 1.34. The molecule has 37 heavy (non-hydrogen) atoms. The largest absolute Gasteiger partial charge is 0.421 e. The molecule has 1 aromatic carbocycles. The van der Waals surface area contributed by atoms with E-state index in [1.165, 1.54) is 24.3 Å². The molecule has 3 aliphatic rings. The number of likely N-dealkylation sites (tertiary alicyclic amines) is 1. The lowest BCUT2D eigenvalue weighted by molar-refractivity contribution is -0.258. The second-order valence-electron chi connectivity index (χ2n) is 10.1. The van der Waals surface area contributed by atoms with Gasteiger partial charge < -0.3 is 20.6 Å². The van der Waals surface area contributed by atoms with Gasteiger partial charge in [-0.15, -0.1) is 0 Å². The maximum Gasteiger partial charge on any atom is 0.421 e. The number of hydrogen-bond donors (Lipinski definition) is 2. The van der Waals surface area contributed by atoms with Gasteiger partial charge in [0.15, 0.2) is 5.60 Å². The van der Waals surface area contributed by atoms with Crippen molar-refractivity contribution in [2.24, 2.45) is 11.1 Å². The summed E-state index contributed by atoms with van der Waals surface area (Å²) in [4.78, 5) is 29.4. The minimum absolute atomic E-state index is 0.0603. The number of halogens is 3. The average molecular weight is 528 g/mol. The fourth-order valence-electron chi connectivity index (χ4n) is 5.10. The number of carbonyl (C=O) groups is 2. The van der Waals surface area contributed by atoms with Crippen molar-refractivity contribution < 1.29 is 27.9 Å². The first-order chi connectivity index (χ1) is 17.4. The van der Waals surface area contributed by atoms with Gasteiger partial charge in [-0.05, 0) is 63.1 Å². The molecule has 210 valence electrons. The lowest BCUT2D eigenvalue weighted by Crippen LogP contribution is -2.54. The van der Waals surface area contributed by atoms with Crippen LogP contribution in [-0.2, 0) is 10.4 Å². The molecule has 2 saturated carbocycles. The number of nitrogens with two attached hydrogens (primary N) is 1. The topological polar surface area (TPSA) is 86.9 Å². The van der Waals surface area contributed by atoms with Gasteiger partial charge in [0.1, 0.15) is 0 Å². The molecule has 0 spiro atoms. The standard InChI is InChI=1S/C24H32F3N3O3.2C2H6/c1-22(33,24(25,26)27)17-5-3-16(4-6-17)20(31)30(18-7-8-18)19-9-13-29(14-10-19)15-23(21(28)32)11-2-12-23;2*1-2/h3-6,18-19,33H,2,7-15H2,1H3,(H2,28,32);2*1-2H3. The molecule has 1 aromatic rings. The molecular formula is C28H44F3N3O3. The van der Waals surface area contributed by atoms with Crippen molar-refractivity contribution in [2.75, 3.05) is 19.6 Å². The molecule has 3 fully saturated rings. The summed E-state index contributed by atoms with van der Waals surface area (Å²) in [7, 11) is 0. The monoisotopic (exact) mass is 527 g/mol. The van der Waals surface area contributed by atoms with Gasteiger partial charge in [0.2, 0.25) is 5.91 Å². The zero-order valence-electron chi connectivity index (χ0n) is 22.9. The lowest BCUT2D eigenvalue weighted by atomic mass is 9.67. The Kier molecular flexibility index (Phi) is 10.6. The molecule has 0 bridgehead atoms. The number of primary amides is 1. The normalized spacial score (nSPS) is 21.2. The third-order valence-corrected chi connectivity index (χ3v) is 7.73. The number of piperidine rings is 1. The quantitative estimate of drug-likeness (QED) is 0.508. The van der Waals surface area contributed by atoms with Crippen LogP contribution in [0.15, 0.2) is 24.3 Å². The molecular weight excluding hydrogens is 483 g/mol. The molecule has 0 radical (unpaired) electrons. The van der Waals surface area contributed by atoms with Gasteiger partial charge in [0.25, 0.3) is 5.91 Å². The molecule has 1 unspecified atom stereocenters. The first-order valence-electron chi connectivity index (χ1n) is 13.7. The van der Waals surface area contributed by atoms with Crippen LogP contribution < -0.4 is 5.73 Å². The van der Waals surface area contributed by atoms with Crippen LogP contribution >= 0.6 is 0 Å². The highest BCUT2D eigenvalue weighted by Crippen LogP contribution is 2.42. The van der Waals surface area contributed by atoms with Crippen molar-refractivity contribution in [1.82, 2.24) is 9.80 Å². The second kappa shape index (κ2) is 12.6. The van der Waals surface area contributed by atoms with Crippen LogP contribution in [0.25, 0.3) is 0 Å². The summed E-state index contributed by atoms with van der Waals surface area (Å²) in [5.41, 5.74) is 2.30. The molecule has 0 aromatic heterocycles. The van der Waals surface area contributed by atoms with E-state index in [2.05, 4.69) is 4.90 Å². The smallest absolute Gasteiger partial charge is 0.376 e. The summed E-state index contributed by atoms with van der Waals surface area (Å²) in [5.74, 6) is -0.402. The number of benzene rings is 1. The predicted molar refractivity (Wildman–Crippen MR) is 139 cm³/mol. The number of rotatable bonds is 7. The van der Waals surface area contributed by atoms with E-state index in [1.54, 1.807) is 0 Å². The number of nitrogens with zero attached hydrogens (tertiary/aromatic N) is 2. The summed E-state index contributed by atoms with van der Waals surface area (Å²) in [6.45, 7) is 10.9. The highest BCUT2D eigenvalue weighted by atomic mass is 19.4. The number of amides is 2. The molecule has 6 nitrogen and oxygen atoms in total. The van der Waals surface area contributed by atoms with E-state index >= 15 is 0 Å². The van der Waals surface area contributed by atoms with Crippen LogP contribution in [0.5, 0.6) is 0 Å². The number of hydrogen-bond acceptors (Lipinski definition) is 4. The summed E-state index contributed by atoms with van der Waals surface area (Å²) in [6, 6.07) is 5.32. The summed E-state index contributed by atoms with van der Waals surface area (Å²) in [5, 5.41) is 9.87. The number of aliphatic hydroxyl groups is 1. The van der Waals surface area contributed by atoms with Gasteiger partial charge in [-0.25, -0.2) is 0 Å². The molecule has 2 amide bonds. The highest BCUT2D eigenvalue weighted by Gasteiger charge is 2.51. The van der Waals surface area contributed by atoms with Crippen molar-refractivity contribution in [3.63, 3.8) is 0 Å². The van der Waals surface area contributed by atoms with E-state index in [1.807, 2.05) is 32.6 Å². The van der Waals surface area contributed by atoms with Crippen LogP contribution in [0.2, 0.25) is 0 Å². The Morgan fingerprint density at radius 2 is 1.49 bits per heavy atom. The predicted octanol–water partition coefficient (Wildman–Crippen LogP) is 5.23. The maximum atomic E-state index is 13.3. The zero-order chi connectivity index (χ0) is 28.0. The minimum Gasteiger partial charge on any atom is -0.376 e. The van der Waals surface area contributed by atoms with Crippen LogP contribution in [-0.4, -0.2) is 64.6 Å². The van der Waals surface area contributed by atoms with Crippen molar-refractivity contribution in [1.29, 1.82) is 0 Å². The van der Waals surface area contributed by atoms with Gasteiger partial charge in [0, 0.05) is 37.3 Å². The van der Waals surface area contributed by atoms with E-state index in [0.717, 1.165) is 58.0 Å². The summed E-state index contributed by atoms with van der Waals surface area (Å²) >= 11 is 0. The van der Waals surface area contributed by atoms with Gasteiger partial charge in [0.05, 0.1) is 5.41 Å². The fourth-order valence-corrected chi connectivity index (χ4v) is 5.10. The minimum atomic E-state index is -4.81. The van der Waals surface area contributed by atoms with Gasteiger partial charge in [-0.1, -0.05) is 46.2 Å². The van der Waals surface area contributed by atoms with Gasteiger partial charge in [-0.2, -0.15) is 13.2 Å². The Bertz CT molecular complexity index is 886. The molecule has 1 heterocycles. The maximum absolute atomic E-state index is 13.3. The molecule has 1 saturated heterocycles. The molecule has 2 aliphatic carbocycles. The first-order valence-corrected chi connectivity index (χ1v) is 13.7. The SMILES string of the molecule is CC.CC.CC(O)(c1ccc(C(=O)N(C2CC2)C2CCN(CC3(C(N)=O)CCC3)CC2)cc1)C(F)(F)F. The van der Waals surface area contributed by atoms with Crippen LogP contribution in [0.1, 0.15) is 95.5 Å². The van der Waals surface area contributed by atoms with Crippen molar-refractivity contribution in [3.8, 4) is 0 Å². The Labute approximate surface area is 219 Å². The third kappa shape index (κ3) is 6.85. The van der Waals surface area contributed by atoms with Crippen LogP contribution in [0.3, 0.4) is 0 Å². The molecule has 1 atom stereocenters. The Hall–Kier alpha value is -2.13. The van der Waals surface area contributed by atoms with Gasteiger partial charge >= 0.3 is 6.18 Å².